The molecule has 0 bridgehead atoms. The van der Waals surface area contributed by atoms with Crippen molar-refractivity contribution in [3.8, 4) is 5.75 Å². The summed E-state index contributed by atoms with van der Waals surface area (Å²) < 4.78 is 7.45. The molecule has 3 nitrogen and oxygen atoms in total. The van der Waals surface area contributed by atoms with E-state index in [1.807, 2.05) is 12.1 Å². The average Bonchev–Trinajstić information content (AvgIpc) is 2.72. The molecule has 104 valence electrons. The molecular weight excluding hydrogens is 260 g/mol. The summed E-state index contributed by atoms with van der Waals surface area (Å²) in [6, 6.07) is 5.98. The number of nitrogens with zero attached hydrogens (tertiary/aromatic N) is 2. The minimum Gasteiger partial charge on any atom is -0.497 e. The van der Waals surface area contributed by atoms with E-state index in [-0.39, 0.29) is 0 Å². The lowest BCUT2D eigenvalue weighted by Gasteiger charge is -2.19. The Labute approximate surface area is 119 Å². The van der Waals surface area contributed by atoms with Gasteiger partial charge in [-0.15, -0.1) is 11.6 Å². The predicted molar refractivity (Wildman–Crippen MR) is 79.9 cm³/mol. The lowest BCUT2D eigenvalue weighted by Crippen LogP contribution is -2.11. The normalized spacial score (nSPS) is 12.1. The third-order valence-electron chi connectivity index (χ3n) is 3.24. The number of ether oxygens (including phenoxy) is 1. The maximum absolute atomic E-state index is 6.01. The molecule has 0 saturated carbocycles. The fourth-order valence-corrected chi connectivity index (χ4v) is 2.29. The number of aromatic nitrogens is 2. The SMILES string of the molecule is COc1ccc2c(c1)nc(CCl)n2CCC(C)(C)C. The molecule has 0 atom stereocenters. The molecule has 0 aliphatic heterocycles. The van der Waals surface area contributed by atoms with Crippen molar-refractivity contribution >= 4 is 22.6 Å². The van der Waals surface area contributed by atoms with Crippen LogP contribution in [0.4, 0.5) is 0 Å². The van der Waals surface area contributed by atoms with Crippen molar-refractivity contribution in [3.05, 3.63) is 24.0 Å². The van der Waals surface area contributed by atoms with Crippen molar-refractivity contribution in [2.24, 2.45) is 5.41 Å². The molecule has 1 aromatic carbocycles. The summed E-state index contributed by atoms with van der Waals surface area (Å²) in [4.78, 5) is 4.59. The molecule has 2 rings (SSSR count). The molecule has 2 aromatic rings. The van der Waals surface area contributed by atoms with E-state index in [0.717, 1.165) is 35.6 Å². The Morgan fingerprint density at radius 1 is 1.32 bits per heavy atom. The zero-order chi connectivity index (χ0) is 14.0. The van der Waals surface area contributed by atoms with Gasteiger partial charge in [0.2, 0.25) is 0 Å². The number of alkyl halides is 1. The number of aryl methyl sites for hydroxylation is 1. The van der Waals surface area contributed by atoms with Gasteiger partial charge in [-0.25, -0.2) is 4.98 Å². The zero-order valence-electron chi connectivity index (χ0n) is 12.0. The van der Waals surface area contributed by atoms with Crippen LogP contribution in [-0.2, 0) is 12.4 Å². The van der Waals surface area contributed by atoms with Crippen LogP contribution in [0.5, 0.6) is 5.75 Å². The van der Waals surface area contributed by atoms with Gasteiger partial charge in [-0.1, -0.05) is 20.8 Å². The van der Waals surface area contributed by atoms with Gasteiger partial charge in [-0.3, -0.25) is 0 Å². The van der Waals surface area contributed by atoms with Crippen LogP contribution in [0.15, 0.2) is 18.2 Å². The number of benzene rings is 1. The Morgan fingerprint density at radius 2 is 2.05 bits per heavy atom. The Morgan fingerprint density at radius 3 is 2.63 bits per heavy atom. The quantitative estimate of drug-likeness (QED) is 0.784. The van der Waals surface area contributed by atoms with Gasteiger partial charge in [0, 0.05) is 12.6 Å². The highest BCUT2D eigenvalue weighted by atomic mass is 35.5. The number of hydrogen-bond acceptors (Lipinski definition) is 2. The first-order valence-electron chi connectivity index (χ1n) is 6.54. The van der Waals surface area contributed by atoms with Crippen LogP contribution >= 0.6 is 11.6 Å². The summed E-state index contributed by atoms with van der Waals surface area (Å²) in [5, 5.41) is 0. The summed E-state index contributed by atoms with van der Waals surface area (Å²) >= 11 is 6.01. The minimum atomic E-state index is 0.298. The highest BCUT2D eigenvalue weighted by Crippen LogP contribution is 2.26. The molecule has 0 fully saturated rings. The smallest absolute Gasteiger partial charge is 0.124 e. The van der Waals surface area contributed by atoms with E-state index in [1.165, 1.54) is 0 Å². The monoisotopic (exact) mass is 280 g/mol. The van der Waals surface area contributed by atoms with Gasteiger partial charge in [-0.2, -0.15) is 0 Å². The predicted octanol–water partition coefficient (Wildman–Crippen LogP) is 4.22. The van der Waals surface area contributed by atoms with E-state index >= 15 is 0 Å². The highest BCUT2D eigenvalue weighted by Gasteiger charge is 2.15. The van der Waals surface area contributed by atoms with Crippen molar-refractivity contribution in [2.75, 3.05) is 7.11 Å². The highest BCUT2D eigenvalue weighted by molar-refractivity contribution is 6.16. The summed E-state index contributed by atoms with van der Waals surface area (Å²) in [6.45, 7) is 7.68. The minimum absolute atomic E-state index is 0.298. The second-order valence-corrected chi connectivity index (χ2v) is 6.25. The van der Waals surface area contributed by atoms with Crippen LogP contribution in [-0.4, -0.2) is 16.7 Å². The topological polar surface area (TPSA) is 27.1 Å². The molecule has 19 heavy (non-hydrogen) atoms. The first-order valence-corrected chi connectivity index (χ1v) is 7.07. The fourth-order valence-electron chi connectivity index (χ4n) is 2.09. The van der Waals surface area contributed by atoms with Crippen molar-refractivity contribution < 1.29 is 4.74 Å². The molecule has 1 heterocycles. The number of methoxy groups -OCH3 is 1. The summed E-state index contributed by atoms with van der Waals surface area (Å²) in [6.07, 6.45) is 1.09. The van der Waals surface area contributed by atoms with E-state index in [4.69, 9.17) is 16.3 Å². The van der Waals surface area contributed by atoms with E-state index < -0.39 is 0 Å². The van der Waals surface area contributed by atoms with Gasteiger partial charge < -0.3 is 9.30 Å². The Kier molecular flexibility index (Phi) is 4.04. The number of halogens is 1. The zero-order valence-corrected chi connectivity index (χ0v) is 12.8. The van der Waals surface area contributed by atoms with Crippen LogP contribution in [0.25, 0.3) is 11.0 Å². The maximum Gasteiger partial charge on any atom is 0.124 e. The summed E-state index contributed by atoms with van der Waals surface area (Å²) in [5.41, 5.74) is 2.37. The molecule has 0 spiro atoms. The van der Waals surface area contributed by atoms with Gasteiger partial charge in [0.1, 0.15) is 11.6 Å². The number of fused-ring (bicyclic) bond motifs is 1. The van der Waals surface area contributed by atoms with Gasteiger partial charge in [0.25, 0.3) is 0 Å². The summed E-state index contributed by atoms with van der Waals surface area (Å²) in [5.74, 6) is 2.18. The molecule has 4 heteroatoms. The fraction of sp³-hybridized carbons (Fsp3) is 0.533. The maximum atomic E-state index is 6.01. The van der Waals surface area contributed by atoms with Gasteiger partial charge in [-0.05, 0) is 24.0 Å². The van der Waals surface area contributed by atoms with E-state index in [9.17, 15) is 0 Å². The van der Waals surface area contributed by atoms with Crippen LogP contribution in [0.3, 0.4) is 0 Å². The van der Waals surface area contributed by atoms with Gasteiger partial charge in [0.05, 0.1) is 24.0 Å². The molecule has 0 saturated heterocycles. The standard InChI is InChI=1S/C15H21ClN2O/c1-15(2,3)7-8-18-13-6-5-11(19-4)9-12(13)17-14(18)10-16/h5-6,9H,7-8,10H2,1-4H3. The van der Waals surface area contributed by atoms with Crippen LogP contribution < -0.4 is 4.74 Å². The number of imidazole rings is 1. The Hall–Kier alpha value is -1.22. The molecule has 0 aliphatic carbocycles. The first kappa shape index (κ1) is 14.2. The Bertz CT molecular complexity index is 569. The number of rotatable bonds is 4. The van der Waals surface area contributed by atoms with E-state index in [1.54, 1.807) is 7.11 Å². The van der Waals surface area contributed by atoms with Crippen molar-refractivity contribution in [1.82, 2.24) is 9.55 Å². The molecule has 0 aliphatic rings. The molecule has 0 unspecified atom stereocenters. The second kappa shape index (κ2) is 5.41. The average molecular weight is 281 g/mol. The van der Waals surface area contributed by atoms with E-state index in [2.05, 4.69) is 36.4 Å². The van der Waals surface area contributed by atoms with Crippen LogP contribution in [0.2, 0.25) is 0 Å². The molecule has 1 aromatic heterocycles. The lowest BCUT2D eigenvalue weighted by atomic mass is 9.92. The van der Waals surface area contributed by atoms with Gasteiger partial charge >= 0.3 is 0 Å². The van der Waals surface area contributed by atoms with Crippen LogP contribution in [0, 0.1) is 5.41 Å². The Balaban J connectivity index is 2.40. The van der Waals surface area contributed by atoms with Crippen molar-refractivity contribution in [3.63, 3.8) is 0 Å². The largest absolute Gasteiger partial charge is 0.497 e. The van der Waals surface area contributed by atoms with Crippen molar-refractivity contribution in [1.29, 1.82) is 0 Å². The molecule has 0 N–H and O–H groups in total. The first-order chi connectivity index (χ1) is 8.94. The van der Waals surface area contributed by atoms with Gasteiger partial charge in [0.15, 0.2) is 0 Å². The second-order valence-electron chi connectivity index (χ2n) is 5.98. The number of hydrogen-bond donors (Lipinski definition) is 0. The molecule has 0 amide bonds. The lowest BCUT2D eigenvalue weighted by molar-refractivity contribution is 0.351. The third kappa shape index (κ3) is 3.21. The van der Waals surface area contributed by atoms with Crippen LogP contribution in [0.1, 0.15) is 33.0 Å². The molecular formula is C15H21ClN2O. The van der Waals surface area contributed by atoms with Crippen molar-refractivity contribution in [2.45, 2.75) is 39.6 Å². The third-order valence-corrected chi connectivity index (χ3v) is 3.48. The molecule has 0 radical (unpaired) electrons. The summed E-state index contributed by atoms with van der Waals surface area (Å²) in [7, 11) is 1.67. The van der Waals surface area contributed by atoms with E-state index in [0.29, 0.717) is 11.3 Å².